The van der Waals surface area contributed by atoms with Crippen LogP contribution in [0, 0.1) is 0 Å². The molecule has 0 bridgehead atoms. The molecule has 1 fully saturated rings. The van der Waals surface area contributed by atoms with Gasteiger partial charge in [-0.05, 0) is 49.4 Å². The smallest absolute Gasteiger partial charge is 0.227 e. The van der Waals surface area contributed by atoms with Gasteiger partial charge in [0.25, 0.3) is 0 Å². The van der Waals surface area contributed by atoms with E-state index in [1.54, 1.807) is 4.68 Å². The summed E-state index contributed by atoms with van der Waals surface area (Å²) < 4.78 is 9.13. The predicted molar refractivity (Wildman–Crippen MR) is 126 cm³/mol. The number of hydrogen-bond donors (Lipinski definition) is 1. The first kappa shape index (κ1) is 20.0. The van der Waals surface area contributed by atoms with Crippen LogP contribution in [0.1, 0.15) is 6.42 Å². The monoisotopic (exact) mass is 478 g/mol. The van der Waals surface area contributed by atoms with Crippen molar-refractivity contribution in [1.29, 1.82) is 0 Å². The Labute approximate surface area is 189 Å². The Balaban J connectivity index is 1.47. The predicted octanol–water partition coefficient (Wildman–Crippen LogP) is 4.62. The second kappa shape index (κ2) is 8.28. The number of ether oxygens (including phenoxy) is 1. The third-order valence-corrected chi connectivity index (χ3v) is 5.89. The molecule has 0 spiro atoms. The molecule has 5 rings (SSSR count). The van der Waals surface area contributed by atoms with Crippen LogP contribution in [-0.4, -0.2) is 50.9 Å². The van der Waals surface area contributed by atoms with Gasteiger partial charge in [-0.25, -0.2) is 9.97 Å². The summed E-state index contributed by atoms with van der Waals surface area (Å²) >= 11 is 3.49. The van der Waals surface area contributed by atoms with E-state index in [1.807, 2.05) is 49.9 Å². The van der Waals surface area contributed by atoms with E-state index < -0.39 is 0 Å². The SMILES string of the molecule is CN1CC[C@H](Oc2cc(Nc3ncc4cc(Br)ccc4n3)cc(-c3cnn(C)c3)c2)C1. The first-order valence-corrected chi connectivity index (χ1v) is 11.0. The molecule has 8 heteroatoms. The summed E-state index contributed by atoms with van der Waals surface area (Å²) in [5.41, 5.74) is 3.82. The zero-order chi connectivity index (χ0) is 21.4. The molecule has 1 aliphatic heterocycles. The zero-order valence-electron chi connectivity index (χ0n) is 17.4. The Bertz CT molecular complexity index is 1240. The lowest BCUT2D eigenvalue weighted by atomic mass is 10.1. The van der Waals surface area contributed by atoms with E-state index in [4.69, 9.17) is 4.74 Å². The van der Waals surface area contributed by atoms with Crippen molar-refractivity contribution in [3.63, 3.8) is 0 Å². The van der Waals surface area contributed by atoms with Crippen LogP contribution < -0.4 is 10.1 Å². The highest BCUT2D eigenvalue weighted by molar-refractivity contribution is 9.10. The number of nitrogens with zero attached hydrogens (tertiary/aromatic N) is 5. The van der Waals surface area contributed by atoms with Crippen molar-refractivity contribution in [2.45, 2.75) is 12.5 Å². The van der Waals surface area contributed by atoms with Crippen molar-refractivity contribution in [3.8, 4) is 16.9 Å². The van der Waals surface area contributed by atoms with Crippen LogP contribution >= 0.6 is 15.9 Å². The highest BCUT2D eigenvalue weighted by Crippen LogP contribution is 2.31. The van der Waals surface area contributed by atoms with E-state index >= 15 is 0 Å². The fourth-order valence-corrected chi connectivity index (χ4v) is 4.23. The number of hydrogen-bond acceptors (Lipinski definition) is 6. The maximum atomic E-state index is 6.32. The fraction of sp³-hybridized carbons (Fsp3) is 0.261. The van der Waals surface area contributed by atoms with Gasteiger partial charge >= 0.3 is 0 Å². The molecule has 7 nitrogen and oxygen atoms in total. The van der Waals surface area contributed by atoms with Crippen LogP contribution in [0.15, 0.2) is 59.5 Å². The van der Waals surface area contributed by atoms with Crippen LogP contribution in [0.5, 0.6) is 5.75 Å². The average Bonchev–Trinajstić information content (AvgIpc) is 3.36. The van der Waals surface area contributed by atoms with E-state index in [1.165, 1.54) is 0 Å². The fourth-order valence-electron chi connectivity index (χ4n) is 3.85. The second-order valence-corrected chi connectivity index (χ2v) is 8.88. The van der Waals surface area contributed by atoms with Crippen LogP contribution in [0.25, 0.3) is 22.0 Å². The first-order chi connectivity index (χ1) is 15.0. The molecule has 1 atom stereocenters. The lowest BCUT2D eigenvalue weighted by Crippen LogP contribution is -2.21. The summed E-state index contributed by atoms with van der Waals surface area (Å²) in [6, 6.07) is 12.1. The van der Waals surface area contributed by atoms with Crippen LogP contribution in [0.3, 0.4) is 0 Å². The van der Waals surface area contributed by atoms with Crippen molar-refractivity contribution in [1.82, 2.24) is 24.6 Å². The molecule has 158 valence electrons. The summed E-state index contributed by atoms with van der Waals surface area (Å²) in [6.45, 7) is 1.99. The van der Waals surface area contributed by atoms with Crippen LogP contribution in [-0.2, 0) is 7.05 Å². The minimum Gasteiger partial charge on any atom is -0.489 e. The Morgan fingerprint density at radius 1 is 1.10 bits per heavy atom. The van der Waals surface area contributed by atoms with Gasteiger partial charge in [-0.2, -0.15) is 5.10 Å². The summed E-state index contributed by atoms with van der Waals surface area (Å²) in [6.07, 6.45) is 6.90. The van der Waals surface area contributed by atoms with E-state index in [0.29, 0.717) is 5.95 Å². The second-order valence-electron chi connectivity index (χ2n) is 7.96. The number of anilines is 2. The number of likely N-dealkylation sites (tertiary alicyclic amines) is 1. The maximum absolute atomic E-state index is 6.32. The molecule has 0 saturated carbocycles. The summed E-state index contributed by atoms with van der Waals surface area (Å²) in [7, 11) is 4.04. The molecule has 0 amide bonds. The topological polar surface area (TPSA) is 68.1 Å². The number of nitrogens with one attached hydrogen (secondary N) is 1. The van der Waals surface area contributed by atoms with E-state index in [2.05, 4.69) is 60.4 Å². The van der Waals surface area contributed by atoms with Gasteiger partial charge in [0, 0.05) is 59.7 Å². The molecule has 1 saturated heterocycles. The molecular formula is C23H23BrN6O. The number of benzene rings is 2. The van der Waals surface area contributed by atoms with Gasteiger partial charge < -0.3 is 15.0 Å². The molecule has 0 unspecified atom stereocenters. The molecule has 0 radical (unpaired) electrons. The summed E-state index contributed by atoms with van der Waals surface area (Å²) in [4.78, 5) is 11.4. The van der Waals surface area contributed by atoms with Gasteiger partial charge in [-0.15, -0.1) is 0 Å². The van der Waals surface area contributed by atoms with Crippen LogP contribution in [0.4, 0.5) is 11.6 Å². The van der Waals surface area contributed by atoms with E-state index in [0.717, 1.165) is 57.4 Å². The molecule has 1 aliphatic rings. The molecule has 2 aromatic carbocycles. The van der Waals surface area contributed by atoms with Gasteiger partial charge in [-0.1, -0.05) is 15.9 Å². The van der Waals surface area contributed by atoms with Crippen molar-refractivity contribution in [2.75, 3.05) is 25.5 Å². The van der Waals surface area contributed by atoms with Crippen molar-refractivity contribution < 1.29 is 4.74 Å². The Kier molecular flexibility index (Phi) is 5.33. The number of halogens is 1. The third kappa shape index (κ3) is 4.55. The number of aromatic nitrogens is 4. The third-order valence-electron chi connectivity index (χ3n) is 5.39. The van der Waals surface area contributed by atoms with Gasteiger partial charge in [0.1, 0.15) is 11.9 Å². The Morgan fingerprint density at radius 2 is 2.00 bits per heavy atom. The Hall–Kier alpha value is -2.97. The molecule has 0 aliphatic carbocycles. The van der Waals surface area contributed by atoms with Crippen molar-refractivity contribution >= 4 is 38.5 Å². The number of aryl methyl sites for hydroxylation is 1. The molecule has 31 heavy (non-hydrogen) atoms. The average molecular weight is 479 g/mol. The maximum Gasteiger partial charge on any atom is 0.227 e. The van der Waals surface area contributed by atoms with Gasteiger partial charge in [0.15, 0.2) is 0 Å². The minimum atomic E-state index is 0.192. The van der Waals surface area contributed by atoms with Gasteiger partial charge in [0.2, 0.25) is 5.95 Å². The largest absolute Gasteiger partial charge is 0.489 e. The molecule has 1 N–H and O–H groups in total. The number of fused-ring (bicyclic) bond motifs is 1. The van der Waals surface area contributed by atoms with Crippen molar-refractivity contribution in [2.24, 2.45) is 7.05 Å². The summed E-state index contributed by atoms with van der Waals surface area (Å²) in [5.74, 6) is 1.37. The molecule has 2 aromatic heterocycles. The molecule has 4 aromatic rings. The summed E-state index contributed by atoms with van der Waals surface area (Å²) in [5, 5.41) is 8.65. The molecular weight excluding hydrogens is 456 g/mol. The lowest BCUT2D eigenvalue weighted by Gasteiger charge is -2.16. The Morgan fingerprint density at radius 3 is 2.77 bits per heavy atom. The zero-order valence-corrected chi connectivity index (χ0v) is 19.0. The highest BCUT2D eigenvalue weighted by atomic mass is 79.9. The van der Waals surface area contributed by atoms with E-state index in [-0.39, 0.29) is 6.10 Å². The van der Waals surface area contributed by atoms with Crippen molar-refractivity contribution in [3.05, 3.63) is 59.5 Å². The number of likely N-dealkylation sites (N-methyl/N-ethyl adjacent to an activating group) is 1. The van der Waals surface area contributed by atoms with Gasteiger partial charge in [0.05, 0.1) is 11.7 Å². The number of rotatable bonds is 5. The van der Waals surface area contributed by atoms with Gasteiger partial charge in [-0.3, -0.25) is 4.68 Å². The normalized spacial score (nSPS) is 16.7. The first-order valence-electron chi connectivity index (χ1n) is 10.2. The lowest BCUT2D eigenvalue weighted by molar-refractivity contribution is 0.208. The van der Waals surface area contributed by atoms with E-state index in [9.17, 15) is 0 Å². The standard InChI is InChI=1S/C23H23BrN6O/c1-29-6-5-20(14-29)31-21-9-15(17-12-26-30(2)13-17)8-19(10-21)27-23-25-11-16-7-18(24)3-4-22(16)28-23/h3-4,7-13,20H,5-6,14H2,1-2H3,(H,25,27,28)/t20-/m0/s1. The van der Waals surface area contributed by atoms with Crippen LogP contribution in [0.2, 0.25) is 0 Å². The quantitative estimate of drug-likeness (QED) is 0.451. The highest BCUT2D eigenvalue weighted by Gasteiger charge is 2.21. The molecule has 3 heterocycles. The minimum absolute atomic E-state index is 0.192.